The van der Waals surface area contributed by atoms with Gasteiger partial charge in [0.2, 0.25) is 6.41 Å². The van der Waals surface area contributed by atoms with Crippen LogP contribution in [0, 0.1) is 0 Å². The molecule has 0 aliphatic carbocycles. The van der Waals surface area contributed by atoms with Crippen molar-refractivity contribution in [2.75, 3.05) is 12.1 Å². The summed E-state index contributed by atoms with van der Waals surface area (Å²) in [5, 5.41) is 32.2. The van der Waals surface area contributed by atoms with Crippen molar-refractivity contribution in [3.63, 3.8) is 0 Å². The molecule has 0 aliphatic heterocycles. The average Bonchev–Trinajstić information content (AvgIpc) is 2.81. The van der Waals surface area contributed by atoms with Crippen molar-refractivity contribution in [1.29, 1.82) is 0 Å². The fraction of sp³-hybridized carbons (Fsp3) is 0.476. The van der Waals surface area contributed by atoms with Crippen LogP contribution in [0.25, 0.3) is 0 Å². The maximum Gasteiger partial charge on any atom is 0.353 e. The van der Waals surface area contributed by atoms with Gasteiger partial charge in [0.1, 0.15) is 17.9 Å². The van der Waals surface area contributed by atoms with Crippen molar-refractivity contribution in [2.24, 2.45) is 0 Å². The SMILES string of the molecule is CC(C)OC(=O)[C@H](C)NP(OC[C@@H](O[C@H](O)n1ccc(NO)nc1=O)[C@@H](C)O)Oc1ccccc1. The summed E-state index contributed by atoms with van der Waals surface area (Å²) in [6.07, 6.45) is -3.18. The molecule has 0 saturated carbocycles. The number of aliphatic hydroxyl groups is 2. The summed E-state index contributed by atoms with van der Waals surface area (Å²) in [6.45, 7) is 6.19. The third-order valence-electron chi connectivity index (χ3n) is 4.31. The number of hydrogen-bond donors (Lipinski definition) is 5. The van der Waals surface area contributed by atoms with Crippen LogP contribution in [-0.2, 0) is 18.8 Å². The van der Waals surface area contributed by atoms with Gasteiger partial charge < -0.3 is 28.7 Å². The van der Waals surface area contributed by atoms with E-state index < -0.39 is 44.8 Å². The lowest BCUT2D eigenvalue weighted by atomic mass is 10.2. The lowest BCUT2D eigenvalue weighted by molar-refractivity contribution is -0.212. The van der Waals surface area contributed by atoms with Crippen molar-refractivity contribution in [3.05, 3.63) is 53.1 Å². The van der Waals surface area contributed by atoms with E-state index in [2.05, 4.69) is 10.1 Å². The van der Waals surface area contributed by atoms with Crippen LogP contribution in [0.15, 0.2) is 47.4 Å². The highest BCUT2D eigenvalue weighted by Gasteiger charge is 2.27. The quantitative estimate of drug-likeness (QED) is 0.107. The third-order valence-corrected chi connectivity index (χ3v) is 5.67. The van der Waals surface area contributed by atoms with Gasteiger partial charge in [-0.05, 0) is 45.9 Å². The predicted molar refractivity (Wildman–Crippen MR) is 125 cm³/mol. The standard InChI is InChI=1S/C21H31N4O9P/c1-13(2)32-19(27)14(3)24-35(34-16-8-6-5-7-9-16)31-12-17(15(4)26)33-21(29)25-11-10-18(23-30)22-20(25)28/h5-11,13-15,17,21,24,26,29-30H,12H2,1-4H3,(H,22,23,28)/t14-,15+,17+,21-,35?/m0/s1. The summed E-state index contributed by atoms with van der Waals surface area (Å²) in [5.41, 5.74) is 0.814. The molecule has 0 spiro atoms. The smallest absolute Gasteiger partial charge is 0.353 e. The van der Waals surface area contributed by atoms with E-state index in [-0.39, 0.29) is 18.5 Å². The van der Waals surface area contributed by atoms with Gasteiger partial charge in [-0.25, -0.2) is 14.4 Å². The number of aliphatic hydroxyl groups excluding tert-OH is 2. The van der Waals surface area contributed by atoms with Gasteiger partial charge in [-0.2, -0.15) is 4.98 Å². The molecule has 5 atom stereocenters. The number of nitrogens with one attached hydrogen (secondary N) is 2. The zero-order chi connectivity index (χ0) is 26.0. The zero-order valence-electron chi connectivity index (χ0n) is 19.8. The normalized spacial score (nSPS) is 15.7. The number of esters is 1. The van der Waals surface area contributed by atoms with Crippen LogP contribution in [0.3, 0.4) is 0 Å². The van der Waals surface area contributed by atoms with E-state index in [1.54, 1.807) is 50.5 Å². The Balaban J connectivity index is 2.09. The minimum absolute atomic E-state index is 0.117. The van der Waals surface area contributed by atoms with Gasteiger partial charge in [-0.15, -0.1) is 0 Å². The molecule has 2 rings (SSSR count). The number of para-hydroxylation sites is 1. The van der Waals surface area contributed by atoms with E-state index >= 15 is 0 Å². The van der Waals surface area contributed by atoms with E-state index in [0.29, 0.717) is 5.75 Å². The van der Waals surface area contributed by atoms with Crippen LogP contribution in [0.4, 0.5) is 5.82 Å². The molecule has 1 aromatic carbocycles. The largest absolute Gasteiger partial charge is 0.462 e. The third kappa shape index (κ3) is 9.49. The minimum Gasteiger partial charge on any atom is -0.462 e. The van der Waals surface area contributed by atoms with E-state index in [4.69, 9.17) is 23.7 Å². The van der Waals surface area contributed by atoms with Gasteiger partial charge in [0.25, 0.3) is 0 Å². The summed E-state index contributed by atoms with van der Waals surface area (Å²) >= 11 is 0. The summed E-state index contributed by atoms with van der Waals surface area (Å²) < 4.78 is 23.0. The number of carbonyl (C=O) groups is 1. The van der Waals surface area contributed by atoms with Crippen LogP contribution in [0.5, 0.6) is 5.75 Å². The van der Waals surface area contributed by atoms with Crippen molar-refractivity contribution >= 4 is 20.3 Å². The molecule has 13 nitrogen and oxygen atoms in total. The first kappa shape index (κ1) is 28.6. The number of carbonyl (C=O) groups excluding carboxylic acids is 1. The number of ether oxygens (including phenoxy) is 2. The van der Waals surface area contributed by atoms with Gasteiger partial charge in [-0.1, -0.05) is 18.2 Å². The number of nitrogens with zero attached hydrogens (tertiary/aromatic N) is 2. The van der Waals surface area contributed by atoms with Crippen LogP contribution in [0.1, 0.15) is 34.1 Å². The molecule has 14 heteroatoms. The second-order valence-electron chi connectivity index (χ2n) is 7.65. The second-order valence-corrected chi connectivity index (χ2v) is 8.86. The Morgan fingerprint density at radius 1 is 1.14 bits per heavy atom. The zero-order valence-corrected chi connectivity index (χ0v) is 20.7. The van der Waals surface area contributed by atoms with E-state index in [1.807, 2.05) is 6.07 Å². The van der Waals surface area contributed by atoms with Crippen LogP contribution in [0.2, 0.25) is 0 Å². The van der Waals surface area contributed by atoms with Crippen LogP contribution in [-0.4, -0.2) is 61.9 Å². The van der Waals surface area contributed by atoms with Crippen molar-refractivity contribution in [2.45, 2.75) is 58.5 Å². The topological polar surface area (TPSA) is 174 Å². The molecule has 0 aliphatic rings. The monoisotopic (exact) mass is 514 g/mol. The van der Waals surface area contributed by atoms with E-state index in [0.717, 1.165) is 10.8 Å². The Labute approximate surface area is 203 Å². The maximum atomic E-state index is 12.2. The van der Waals surface area contributed by atoms with Crippen LogP contribution < -0.4 is 20.8 Å². The fourth-order valence-electron chi connectivity index (χ4n) is 2.51. The molecule has 0 bridgehead atoms. The highest BCUT2D eigenvalue weighted by molar-refractivity contribution is 7.45. The Hall–Kier alpha value is -2.64. The first-order chi connectivity index (χ1) is 16.6. The van der Waals surface area contributed by atoms with Crippen molar-refractivity contribution in [3.8, 4) is 5.75 Å². The molecule has 0 radical (unpaired) electrons. The molecule has 0 amide bonds. The van der Waals surface area contributed by atoms with Gasteiger partial charge in [0, 0.05) is 6.20 Å². The first-order valence-corrected chi connectivity index (χ1v) is 11.9. The molecule has 5 N–H and O–H groups in total. The predicted octanol–water partition coefficient (Wildman–Crippen LogP) is 1.51. The Morgan fingerprint density at radius 2 is 1.83 bits per heavy atom. The Kier molecular flexibility index (Phi) is 11.5. The molecule has 1 unspecified atom stereocenters. The summed E-state index contributed by atoms with van der Waals surface area (Å²) in [6, 6.07) is 9.21. The fourth-order valence-corrected chi connectivity index (χ4v) is 3.71. The number of aromatic nitrogens is 2. The second kappa shape index (κ2) is 14.0. The van der Waals surface area contributed by atoms with Gasteiger partial charge in [-0.3, -0.25) is 15.5 Å². The molecule has 1 aromatic heterocycles. The molecule has 0 saturated heterocycles. The lowest BCUT2D eigenvalue weighted by Gasteiger charge is -2.27. The molecule has 2 aromatic rings. The Bertz CT molecular complexity index is 977. The average molecular weight is 514 g/mol. The Morgan fingerprint density at radius 3 is 2.40 bits per heavy atom. The van der Waals surface area contributed by atoms with Gasteiger partial charge in [0.05, 0.1) is 18.8 Å². The van der Waals surface area contributed by atoms with Gasteiger partial charge in [0.15, 0.2) is 5.82 Å². The van der Waals surface area contributed by atoms with Gasteiger partial charge >= 0.3 is 20.2 Å². The number of hydrogen-bond acceptors (Lipinski definition) is 12. The number of rotatable bonds is 14. The van der Waals surface area contributed by atoms with E-state index in [1.165, 1.54) is 13.0 Å². The van der Waals surface area contributed by atoms with Crippen molar-refractivity contribution in [1.82, 2.24) is 14.6 Å². The highest BCUT2D eigenvalue weighted by atomic mass is 31.2. The first-order valence-electron chi connectivity index (χ1n) is 10.7. The molecular formula is C21H31N4O9P. The minimum atomic E-state index is -1.92. The summed E-state index contributed by atoms with van der Waals surface area (Å²) in [4.78, 5) is 27.7. The molecule has 1 heterocycles. The molecular weight excluding hydrogens is 483 g/mol. The number of anilines is 1. The van der Waals surface area contributed by atoms with Crippen LogP contribution >= 0.6 is 8.53 Å². The van der Waals surface area contributed by atoms with E-state index in [9.17, 15) is 19.8 Å². The highest BCUT2D eigenvalue weighted by Crippen LogP contribution is 2.36. The molecule has 35 heavy (non-hydrogen) atoms. The maximum absolute atomic E-state index is 12.2. The molecule has 0 fully saturated rings. The summed E-state index contributed by atoms with van der Waals surface area (Å²) in [5.74, 6) is -0.145. The van der Waals surface area contributed by atoms with Crippen molar-refractivity contribution < 1.29 is 38.7 Å². The molecule has 194 valence electrons. The lowest BCUT2D eigenvalue weighted by Crippen LogP contribution is -2.38. The number of benzene rings is 1. The summed E-state index contributed by atoms with van der Waals surface area (Å²) in [7, 11) is -1.92.